The molecule has 0 aromatic heterocycles. The minimum absolute atomic E-state index is 0.0221. The quantitative estimate of drug-likeness (QED) is 0.417. The Morgan fingerprint density at radius 1 is 1.12 bits per heavy atom. The molecule has 0 bridgehead atoms. The second-order valence-electron chi connectivity index (χ2n) is 11.7. The van der Waals surface area contributed by atoms with Gasteiger partial charge >= 0.3 is 5.97 Å². The number of hydrogen-bond acceptors (Lipinski definition) is 6. The third-order valence-electron chi connectivity index (χ3n) is 8.30. The van der Waals surface area contributed by atoms with E-state index in [1.54, 1.807) is 17.0 Å². The highest BCUT2D eigenvalue weighted by atomic mass is 16.5. The zero-order valence-electron chi connectivity index (χ0n) is 24.3. The second-order valence-corrected chi connectivity index (χ2v) is 11.7. The maximum Gasteiger partial charge on any atom is 0.335 e. The molecule has 1 aliphatic carbocycles. The summed E-state index contributed by atoms with van der Waals surface area (Å²) >= 11 is 0. The number of hydrogen-bond donors (Lipinski definition) is 3. The van der Waals surface area contributed by atoms with Gasteiger partial charge in [0.25, 0.3) is 0 Å². The van der Waals surface area contributed by atoms with Crippen LogP contribution in [0.15, 0.2) is 42.5 Å². The van der Waals surface area contributed by atoms with Crippen LogP contribution >= 0.6 is 0 Å². The van der Waals surface area contributed by atoms with E-state index in [9.17, 15) is 24.6 Å². The van der Waals surface area contributed by atoms with Crippen molar-refractivity contribution in [2.24, 2.45) is 11.8 Å². The molecule has 41 heavy (non-hydrogen) atoms. The largest absolute Gasteiger partial charge is 0.488 e. The monoisotopic (exact) mass is 565 g/mol. The molecule has 9 heteroatoms. The molecule has 2 aromatic rings. The predicted molar refractivity (Wildman–Crippen MR) is 157 cm³/mol. The molecule has 2 aromatic carbocycles. The number of ether oxygens (including phenoxy) is 1. The van der Waals surface area contributed by atoms with Gasteiger partial charge in [-0.15, -0.1) is 0 Å². The Hall–Kier alpha value is -3.43. The van der Waals surface area contributed by atoms with E-state index in [0.717, 1.165) is 31.2 Å². The highest BCUT2D eigenvalue weighted by Gasteiger charge is 2.31. The molecule has 0 unspecified atom stereocenters. The Balaban J connectivity index is 1.55. The highest BCUT2D eigenvalue weighted by Crippen LogP contribution is 2.31. The first-order chi connectivity index (χ1) is 19.6. The number of aromatic carboxylic acids is 1. The van der Waals surface area contributed by atoms with Crippen molar-refractivity contribution < 1.29 is 29.3 Å². The SMILES string of the molecule is C[C@@H]1CN([C@@H](C)CO)C(=O)Cc2cc(NC(=O)C3CCCCC3)ccc2O[C@@H]1CN(C)Cc1ccc(C(=O)O)cc1. The standard InChI is InChI=1S/C32H43N3O6/c1-21-17-35(22(2)20-36)30(37)16-26-15-27(33-31(38)24-7-5-4-6-8-24)13-14-28(26)41-29(21)19-34(3)18-23-9-11-25(12-10-23)32(39)40/h9-15,21-22,24,29,36H,4-8,16-20H2,1-3H3,(H,33,38)(H,39,40)/t21-,22+,29-/m1/s1. The van der Waals surface area contributed by atoms with Crippen LogP contribution < -0.4 is 10.1 Å². The van der Waals surface area contributed by atoms with Crippen molar-refractivity contribution in [2.75, 3.05) is 32.1 Å². The lowest BCUT2D eigenvalue weighted by Crippen LogP contribution is -2.47. The van der Waals surface area contributed by atoms with E-state index in [0.29, 0.717) is 36.6 Å². The minimum atomic E-state index is -0.954. The Morgan fingerprint density at radius 3 is 2.49 bits per heavy atom. The number of benzene rings is 2. The number of carboxylic acid groups (broad SMARTS) is 1. The molecule has 2 aliphatic rings. The van der Waals surface area contributed by atoms with E-state index in [-0.39, 0.29) is 54.4 Å². The third-order valence-corrected chi connectivity index (χ3v) is 8.30. The average molecular weight is 566 g/mol. The maximum atomic E-state index is 13.5. The molecule has 3 atom stereocenters. The zero-order chi connectivity index (χ0) is 29.5. The van der Waals surface area contributed by atoms with Crippen molar-refractivity contribution in [1.29, 1.82) is 0 Å². The predicted octanol–water partition coefficient (Wildman–Crippen LogP) is 4.18. The molecule has 4 rings (SSSR count). The van der Waals surface area contributed by atoms with Gasteiger partial charge in [0.15, 0.2) is 0 Å². The fraction of sp³-hybridized carbons (Fsp3) is 0.531. The maximum absolute atomic E-state index is 13.5. The molecule has 0 saturated heterocycles. The fourth-order valence-corrected chi connectivity index (χ4v) is 5.77. The van der Waals surface area contributed by atoms with Gasteiger partial charge in [-0.3, -0.25) is 14.5 Å². The first kappa shape index (κ1) is 30.5. The summed E-state index contributed by atoms with van der Waals surface area (Å²) in [5.41, 5.74) is 2.59. The van der Waals surface area contributed by atoms with Crippen LogP contribution in [0.1, 0.15) is 67.4 Å². The van der Waals surface area contributed by atoms with E-state index in [1.807, 2.05) is 51.2 Å². The molecular formula is C32H43N3O6. The van der Waals surface area contributed by atoms with E-state index in [1.165, 1.54) is 6.42 Å². The molecule has 2 amide bonds. The molecule has 1 heterocycles. The molecule has 222 valence electrons. The Bertz CT molecular complexity index is 1210. The van der Waals surface area contributed by atoms with Gasteiger partial charge in [-0.25, -0.2) is 4.79 Å². The topological polar surface area (TPSA) is 119 Å². The number of likely N-dealkylation sites (N-methyl/N-ethyl adjacent to an activating group) is 1. The van der Waals surface area contributed by atoms with Crippen molar-refractivity contribution in [1.82, 2.24) is 9.80 Å². The average Bonchev–Trinajstić information content (AvgIpc) is 3.00. The third kappa shape index (κ3) is 8.07. The van der Waals surface area contributed by atoms with Crippen molar-refractivity contribution >= 4 is 23.5 Å². The molecule has 1 fully saturated rings. The fourth-order valence-electron chi connectivity index (χ4n) is 5.77. The number of carboxylic acids is 1. The first-order valence-corrected chi connectivity index (χ1v) is 14.7. The number of carbonyl (C=O) groups excluding carboxylic acids is 2. The Kier molecular flexibility index (Phi) is 10.4. The van der Waals surface area contributed by atoms with E-state index >= 15 is 0 Å². The van der Waals surface area contributed by atoms with Gasteiger partial charge in [0, 0.05) is 42.7 Å². The summed E-state index contributed by atoms with van der Waals surface area (Å²) in [5.74, 6) is -0.422. The zero-order valence-corrected chi connectivity index (χ0v) is 24.3. The summed E-state index contributed by atoms with van der Waals surface area (Å²) < 4.78 is 6.60. The van der Waals surface area contributed by atoms with Gasteiger partial charge in [0.05, 0.1) is 24.6 Å². The molecule has 0 spiro atoms. The van der Waals surface area contributed by atoms with Crippen LogP contribution in [0.4, 0.5) is 5.69 Å². The first-order valence-electron chi connectivity index (χ1n) is 14.7. The lowest BCUT2D eigenvalue weighted by atomic mass is 9.88. The Morgan fingerprint density at radius 2 is 1.83 bits per heavy atom. The van der Waals surface area contributed by atoms with Crippen LogP contribution in [0.25, 0.3) is 0 Å². The van der Waals surface area contributed by atoms with Gasteiger partial charge in [0.1, 0.15) is 11.9 Å². The van der Waals surface area contributed by atoms with Gasteiger partial charge < -0.3 is 25.2 Å². The summed E-state index contributed by atoms with van der Waals surface area (Å²) in [5, 5.41) is 22.1. The van der Waals surface area contributed by atoms with E-state index in [4.69, 9.17) is 4.74 Å². The lowest BCUT2D eigenvalue weighted by molar-refractivity contribution is -0.134. The van der Waals surface area contributed by atoms with Gasteiger partial charge in [-0.2, -0.15) is 0 Å². The summed E-state index contributed by atoms with van der Waals surface area (Å²) in [4.78, 5) is 41.4. The summed E-state index contributed by atoms with van der Waals surface area (Å²) in [6, 6.07) is 12.0. The number of nitrogens with one attached hydrogen (secondary N) is 1. The number of aliphatic hydroxyl groups excluding tert-OH is 1. The number of carbonyl (C=O) groups is 3. The summed E-state index contributed by atoms with van der Waals surface area (Å²) in [6.07, 6.45) is 4.98. The molecule has 9 nitrogen and oxygen atoms in total. The number of anilines is 1. The van der Waals surface area contributed by atoms with Crippen LogP contribution in [-0.4, -0.2) is 76.7 Å². The second kappa shape index (κ2) is 14.0. The van der Waals surface area contributed by atoms with E-state index in [2.05, 4.69) is 10.2 Å². The van der Waals surface area contributed by atoms with Crippen LogP contribution in [0.5, 0.6) is 5.75 Å². The minimum Gasteiger partial charge on any atom is -0.488 e. The molecule has 3 N–H and O–H groups in total. The van der Waals surface area contributed by atoms with Crippen molar-refractivity contribution in [3.8, 4) is 5.75 Å². The highest BCUT2D eigenvalue weighted by molar-refractivity contribution is 5.93. The molecular weight excluding hydrogens is 522 g/mol. The number of nitrogens with zero attached hydrogens (tertiary/aromatic N) is 2. The van der Waals surface area contributed by atoms with Crippen LogP contribution in [0.2, 0.25) is 0 Å². The van der Waals surface area contributed by atoms with Gasteiger partial charge in [0.2, 0.25) is 11.8 Å². The number of amides is 2. The molecule has 1 aliphatic heterocycles. The number of aliphatic hydroxyl groups is 1. The summed E-state index contributed by atoms with van der Waals surface area (Å²) in [6.45, 7) is 5.35. The number of fused-ring (bicyclic) bond motifs is 1. The Labute approximate surface area is 242 Å². The number of rotatable bonds is 9. The molecule has 1 saturated carbocycles. The van der Waals surface area contributed by atoms with Crippen LogP contribution in [0.3, 0.4) is 0 Å². The van der Waals surface area contributed by atoms with Crippen LogP contribution in [0, 0.1) is 11.8 Å². The summed E-state index contributed by atoms with van der Waals surface area (Å²) in [7, 11) is 1.98. The lowest BCUT2D eigenvalue weighted by Gasteiger charge is -2.34. The van der Waals surface area contributed by atoms with Gasteiger partial charge in [-0.1, -0.05) is 38.3 Å². The van der Waals surface area contributed by atoms with Crippen molar-refractivity contribution in [2.45, 2.75) is 71.1 Å². The van der Waals surface area contributed by atoms with Crippen molar-refractivity contribution in [3.63, 3.8) is 0 Å². The van der Waals surface area contributed by atoms with Gasteiger partial charge in [-0.05, 0) is 62.7 Å². The smallest absolute Gasteiger partial charge is 0.335 e. The van der Waals surface area contributed by atoms with E-state index < -0.39 is 5.97 Å². The van der Waals surface area contributed by atoms with Crippen molar-refractivity contribution in [3.05, 3.63) is 59.2 Å². The molecule has 0 radical (unpaired) electrons. The van der Waals surface area contributed by atoms with Crippen LogP contribution in [-0.2, 0) is 22.6 Å². The normalized spacial score (nSPS) is 20.8.